The number of hydrogen-bond donors (Lipinski definition) is 1. The number of aldehydes is 1. The quantitative estimate of drug-likeness (QED) is 0.640. The summed E-state index contributed by atoms with van der Waals surface area (Å²) < 4.78 is 4.78. The molecule has 12 heavy (non-hydrogen) atoms. The van der Waals surface area contributed by atoms with Crippen LogP contribution in [0.1, 0.15) is 10.4 Å². The third-order valence-electron chi connectivity index (χ3n) is 1.34. The van der Waals surface area contributed by atoms with E-state index < -0.39 is 0 Å². The van der Waals surface area contributed by atoms with Gasteiger partial charge in [-0.05, 0) is 18.2 Å². The molecule has 0 unspecified atom stereocenters. The van der Waals surface area contributed by atoms with Crippen LogP contribution in [0.25, 0.3) is 0 Å². The molecule has 0 bridgehead atoms. The van der Waals surface area contributed by atoms with Crippen LogP contribution in [-0.4, -0.2) is 42.4 Å². The van der Waals surface area contributed by atoms with Gasteiger partial charge in [0, 0.05) is 29.5 Å². The third-order valence-corrected chi connectivity index (χ3v) is 1.34. The van der Waals surface area contributed by atoms with Crippen LogP contribution >= 0.6 is 0 Å². The zero-order valence-corrected chi connectivity index (χ0v) is 9.43. The summed E-state index contributed by atoms with van der Waals surface area (Å²) in [5.74, 6) is 0.354. The molecule has 1 N–H and O–H groups in total. The molecule has 0 saturated heterocycles. The summed E-state index contributed by atoms with van der Waals surface area (Å²) >= 11 is 0. The first-order valence-corrected chi connectivity index (χ1v) is 3.10. The summed E-state index contributed by atoms with van der Waals surface area (Å²) in [6.07, 6.45) is 0.696. The van der Waals surface area contributed by atoms with Crippen LogP contribution in [0.15, 0.2) is 18.2 Å². The van der Waals surface area contributed by atoms with E-state index in [1.807, 2.05) is 0 Å². The van der Waals surface area contributed by atoms with Crippen LogP contribution in [0.4, 0.5) is 0 Å². The molecule has 0 heterocycles. The van der Waals surface area contributed by atoms with Crippen molar-refractivity contribution < 1.29 is 14.6 Å². The largest absolute Gasteiger partial charge is 0.504 e. The Kier molecular flexibility index (Phi) is 4.73. The van der Waals surface area contributed by atoms with Crippen LogP contribution in [0, 0.1) is 0 Å². The Hall–Kier alpha value is -0.711. The van der Waals surface area contributed by atoms with Gasteiger partial charge in [0.1, 0.15) is 6.29 Å². The predicted molar refractivity (Wildman–Crippen MR) is 45.8 cm³/mol. The molecule has 0 aliphatic heterocycles. The Bertz CT molecular complexity index is 273. The molecule has 1 aromatic carbocycles. The Morgan fingerprint density at radius 2 is 2.17 bits per heavy atom. The van der Waals surface area contributed by atoms with E-state index in [9.17, 15) is 4.79 Å². The number of hydrogen-bond acceptors (Lipinski definition) is 3. The molecule has 0 fully saturated rings. The number of carbonyl (C=O) groups is 1. The average molecular weight is 271 g/mol. The summed E-state index contributed by atoms with van der Waals surface area (Å²) in [5, 5.41) is 9.09. The maximum Gasteiger partial charge on any atom is 0.161 e. The molecule has 0 spiro atoms. The minimum Gasteiger partial charge on any atom is -0.504 e. The van der Waals surface area contributed by atoms with Gasteiger partial charge in [-0.25, -0.2) is 0 Å². The normalized spacial score (nSPS) is 8.42. The van der Waals surface area contributed by atoms with E-state index >= 15 is 0 Å². The Labute approximate surface area is 87.3 Å². The first-order valence-electron chi connectivity index (χ1n) is 3.10. The van der Waals surface area contributed by atoms with Crippen LogP contribution in [-0.2, 0) is 0 Å². The Morgan fingerprint density at radius 3 is 2.67 bits per heavy atom. The van der Waals surface area contributed by atoms with Crippen LogP contribution in [0.3, 0.4) is 0 Å². The Balaban J connectivity index is 0.00000121. The van der Waals surface area contributed by atoms with Crippen molar-refractivity contribution >= 4 is 30.2 Å². The van der Waals surface area contributed by atoms with Crippen LogP contribution in [0.2, 0.25) is 0 Å². The van der Waals surface area contributed by atoms with Gasteiger partial charge >= 0.3 is 0 Å². The summed E-state index contributed by atoms with van der Waals surface area (Å²) in [6, 6.07) is 4.41. The summed E-state index contributed by atoms with van der Waals surface area (Å²) in [4.78, 5) is 10.2. The predicted octanol–water partition coefficient (Wildman–Crippen LogP) is 0.832. The topological polar surface area (TPSA) is 46.5 Å². The Morgan fingerprint density at radius 1 is 1.50 bits per heavy atom. The number of methoxy groups -OCH3 is 1. The van der Waals surface area contributed by atoms with Gasteiger partial charge in [-0.1, -0.05) is 0 Å². The first kappa shape index (κ1) is 11.3. The number of phenols is 1. The van der Waals surface area contributed by atoms with Crippen molar-refractivity contribution in [3.63, 3.8) is 0 Å². The van der Waals surface area contributed by atoms with Gasteiger partial charge in [0.15, 0.2) is 11.5 Å². The second kappa shape index (κ2) is 5.03. The smallest absolute Gasteiger partial charge is 0.161 e. The second-order valence-corrected chi connectivity index (χ2v) is 2.05. The van der Waals surface area contributed by atoms with Gasteiger partial charge in [-0.15, -0.1) is 0 Å². The van der Waals surface area contributed by atoms with Crippen LogP contribution in [0.5, 0.6) is 11.5 Å². The number of phenolic OH excluding ortho intramolecular Hbond substituents is 1. The fourth-order valence-corrected chi connectivity index (χ4v) is 0.768. The number of rotatable bonds is 2. The molecule has 1 aromatic rings. The van der Waals surface area contributed by atoms with Gasteiger partial charge in [0.05, 0.1) is 7.11 Å². The van der Waals surface area contributed by atoms with Crippen molar-refractivity contribution in [3.8, 4) is 11.5 Å². The number of benzene rings is 1. The van der Waals surface area contributed by atoms with E-state index in [2.05, 4.69) is 0 Å². The van der Waals surface area contributed by atoms with Crippen LogP contribution < -0.4 is 4.74 Å². The van der Waals surface area contributed by atoms with Crippen molar-refractivity contribution in [2.45, 2.75) is 0 Å². The standard InChI is InChI=1S/C8H8O3.Sn/c1-11-8-4-6(5-9)2-3-7(8)10;/h2-5,10H,1H3;. The average Bonchev–Trinajstić information content (AvgIpc) is 2.05. The number of carbonyl (C=O) groups excluding carboxylic acids is 1. The van der Waals surface area contributed by atoms with E-state index in [4.69, 9.17) is 9.84 Å². The van der Waals surface area contributed by atoms with Gasteiger partial charge in [0.2, 0.25) is 0 Å². The molecule has 0 saturated carbocycles. The molecular formula is C8H8O3Sn. The fraction of sp³-hybridized carbons (Fsp3) is 0.125. The van der Waals surface area contributed by atoms with Gasteiger partial charge < -0.3 is 9.84 Å². The SMILES string of the molecule is COc1cc(C=O)ccc1O.[Sn]. The maximum atomic E-state index is 10.2. The monoisotopic (exact) mass is 272 g/mol. The maximum absolute atomic E-state index is 10.2. The van der Waals surface area contributed by atoms with E-state index in [1.54, 1.807) is 0 Å². The number of ether oxygens (including phenoxy) is 1. The number of aromatic hydroxyl groups is 1. The summed E-state index contributed by atoms with van der Waals surface area (Å²) in [7, 11) is 1.43. The van der Waals surface area contributed by atoms with Crippen molar-refractivity contribution in [3.05, 3.63) is 23.8 Å². The molecule has 4 radical (unpaired) electrons. The van der Waals surface area contributed by atoms with Gasteiger partial charge in [0.25, 0.3) is 0 Å². The zero-order valence-electron chi connectivity index (χ0n) is 6.57. The van der Waals surface area contributed by atoms with E-state index in [-0.39, 0.29) is 29.7 Å². The molecule has 0 aromatic heterocycles. The van der Waals surface area contributed by atoms with Crippen molar-refractivity contribution in [1.82, 2.24) is 0 Å². The minimum atomic E-state index is 0. The molecule has 62 valence electrons. The molecule has 0 amide bonds. The van der Waals surface area contributed by atoms with Gasteiger partial charge in [-0.3, -0.25) is 4.79 Å². The first-order chi connectivity index (χ1) is 5.27. The minimum absolute atomic E-state index is 0. The van der Waals surface area contributed by atoms with Gasteiger partial charge in [-0.2, -0.15) is 0 Å². The van der Waals surface area contributed by atoms with Crippen molar-refractivity contribution in [2.75, 3.05) is 7.11 Å². The third kappa shape index (κ3) is 2.41. The van der Waals surface area contributed by atoms with E-state index in [0.717, 1.165) is 0 Å². The summed E-state index contributed by atoms with van der Waals surface area (Å²) in [6.45, 7) is 0. The zero-order chi connectivity index (χ0) is 8.27. The van der Waals surface area contributed by atoms with Crippen molar-refractivity contribution in [1.29, 1.82) is 0 Å². The molecular weight excluding hydrogens is 263 g/mol. The summed E-state index contributed by atoms with van der Waals surface area (Å²) in [5.41, 5.74) is 0.486. The second-order valence-electron chi connectivity index (χ2n) is 2.05. The van der Waals surface area contributed by atoms with Crippen molar-refractivity contribution in [2.24, 2.45) is 0 Å². The fourth-order valence-electron chi connectivity index (χ4n) is 0.768. The van der Waals surface area contributed by atoms with E-state index in [0.29, 0.717) is 17.6 Å². The molecule has 1 rings (SSSR count). The van der Waals surface area contributed by atoms with E-state index in [1.165, 1.54) is 25.3 Å². The molecule has 0 aliphatic rings. The molecule has 4 heteroatoms. The molecule has 0 atom stereocenters. The molecule has 0 aliphatic carbocycles. The molecule has 3 nitrogen and oxygen atoms in total.